The number of hydrogen-bond donors (Lipinski definition) is 3. The second-order valence-electron chi connectivity index (χ2n) is 4.21. The van der Waals surface area contributed by atoms with E-state index in [4.69, 9.17) is 15.3 Å². The Morgan fingerprint density at radius 2 is 1.59 bits per heavy atom. The van der Waals surface area contributed by atoms with Crippen molar-refractivity contribution in [1.82, 2.24) is 9.80 Å². The van der Waals surface area contributed by atoms with Crippen LogP contribution >= 0.6 is 0 Å². The topological polar surface area (TPSA) is 118 Å². The highest BCUT2D eigenvalue weighted by atomic mass is 16.4. The normalized spacial score (nSPS) is 31.4. The molecule has 8 nitrogen and oxygen atoms in total. The van der Waals surface area contributed by atoms with E-state index in [-0.39, 0.29) is 13.1 Å². The van der Waals surface area contributed by atoms with E-state index in [1.165, 1.54) is 0 Å². The van der Waals surface area contributed by atoms with Crippen molar-refractivity contribution in [3.05, 3.63) is 0 Å². The lowest BCUT2D eigenvalue weighted by atomic mass is 9.96. The molecule has 0 aromatic carbocycles. The van der Waals surface area contributed by atoms with Gasteiger partial charge in [-0.25, -0.2) is 14.4 Å². The molecule has 0 aromatic heterocycles. The monoisotopic (exact) mass is 244 g/mol. The van der Waals surface area contributed by atoms with Gasteiger partial charge in [-0.3, -0.25) is 4.90 Å². The molecule has 2 fully saturated rings. The van der Waals surface area contributed by atoms with Crippen LogP contribution in [0.2, 0.25) is 0 Å². The second-order valence-corrected chi connectivity index (χ2v) is 4.21. The lowest BCUT2D eigenvalue weighted by Crippen LogP contribution is -2.43. The summed E-state index contributed by atoms with van der Waals surface area (Å²) in [5.41, 5.74) is 0. The maximum Gasteiger partial charge on any atom is 0.408 e. The smallest absolute Gasteiger partial charge is 0.408 e. The van der Waals surface area contributed by atoms with E-state index in [0.29, 0.717) is 6.42 Å². The van der Waals surface area contributed by atoms with E-state index in [1.807, 2.05) is 0 Å². The van der Waals surface area contributed by atoms with Gasteiger partial charge in [-0.15, -0.1) is 0 Å². The van der Waals surface area contributed by atoms with Crippen LogP contribution in [0.4, 0.5) is 9.59 Å². The first-order valence-electron chi connectivity index (χ1n) is 5.15. The van der Waals surface area contributed by atoms with Crippen LogP contribution in [0.15, 0.2) is 0 Å². The molecule has 3 unspecified atom stereocenters. The highest BCUT2D eigenvalue weighted by Gasteiger charge is 2.54. The molecule has 2 amide bonds. The summed E-state index contributed by atoms with van der Waals surface area (Å²) in [7, 11) is 0. The first-order chi connectivity index (χ1) is 7.93. The molecule has 2 aliphatic heterocycles. The number of carbonyl (C=O) groups is 3. The van der Waals surface area contributed by atoms with Gasteiger partial charge in [-0.2, -0.15) is 0 Å². The summed E-state index contributed by atoms with van der Waals surface area (Å²) in [5.74, 6) is -1.66. The minimum atomic E-state index is -1.32. The number of carboxylic acids is 1. The zero-order valence-electron chi connectivity index (χ0n) is 8.81. The Bertz CT molecular complexity index is 384. The molecule has 17 heavy (non-hydrogen) atoms. The predicted molar refractivity (Wildman–Crippen MR) is 52.8 cm³/mol. The molecule has 2 aliphatic rings. The average Bonchev–Trinajstić information content (AvgIpc) is 2.71. The van der Waals surface area contributed by atoms with E-state index in [0.717, 1.165) is 9.80 Å². The third kappa shape index (κ3) is 1.65. The molecule has 0 spiro atoms. The van der Waals surface area contributed by atoms with Crippen LogP contribution in [0.25, 0.3) is 0 Å². The minimum Gasteiger partial charge on any atom is -0.480 e. The highest BCUT2D eigenvalue weighted by molar-refractivity contribution is 5.81. The van der Waals surface area contributed by atoms with Gasteiger partial charge in [-0.05, 0) is 6.42 Å². The lowest BCUT2D eigenvalue weighted by Gasteiger charge is -2.21. The Balaban J connectivity index is 2.26. The Morgan fingerprint density at radius 3 is 2.06 bits per heavy atom. The fraction of sp³-hybridized carbons (Fsp3) is 0.667. The first-order valence-corrected chi connectivity index (χ1v) is 5.15. The van der Waals surface area contributed by atoms with Crippen molar-refractivity contribution in [2.75, 3.05) is 13.1 Å². The zero-order valence-corrected chi connectivity index (χ0v) is 8.81. The van der Waals surface area contributed by atoms with E-state index < -0.39 is 36.2 Å². The van der Waals surface area contributed by atoms with Gasteiger partial charge >= 0.3 is 18.2 Å². The van der Waals surface area contributed by atoms with Crippen molar-refractivity contribution in [2.24, 2.45) is 5.92 Å². The first kappa shape index (κ1) is 11.5. The number of rotatable bonds is 1. The third-order valence-electron chi connectivity index (χ3n) is 3.47. The number of aliphatic carboxylic acids is 1. The van der Waals surface area contributed by atoms with Crippen LogP contribution < -0.4 is 0 Å². The molecule has 0 aliphatic carbocycles. The van der Waals surface area contributed by atoms with Gasteiger partial charge in [0.1, 0.15) is 6.04 Å². The maximum atomic E-state index is 11.1. The molecule has 0 saturated carbocycles. The molecule has 2 saturated heterocycles. The number of fused-ring (bicyclic) bond motifs is 1. The molecule has 2 heterocycles. The van der Waals surface area contributed by atoms with Gasteiger partial charge < -0.3 is 20.2 Å². The largest absolute Gasteiger partial charge is 0.480 e. The molecule has 2 rings (SSSR count). The number of hydrogen-bond acceptors (Lipinski definition) is 3. The van der Waals surface area contributed by atoms with Gasteiger partial charge in [0.15, 0.2) is 0 Å². The number of nitrogens with zero attached hydrogens (tertiary/aromatic N) is 2. The Labute approximate surface area is 96.0 Å². The molecular weight excluding hydrogens is 232 g/mol. The van der Waals surface area contributed by atoms with Gasteiger partial charge in [-0.1, -0.05) is 0 Å². The SMILES string of the molecule is O=C(O)C1C2CCN(C(=O)O)C2CN1C(=O)O. The van der Waals surface area contributed by atoms with E-state index in [2.05, 4.69) is 0 Å². The van der Waals surface area contributed by atoms with Crippen LogP contribution in [0.5, 0.6) is 0 Å². The summed E-state index contributed by atoms with van der Waals surface area (Å²) in [5, 5.41) is 26.9. The molecule has 0 aromatic rings. The van der Waals surface area contributed by atoms with Crippen LogP contribution in [-0.2, 0) is 4.79 Å². The van der Waals surface area contributed by atoms with E-state index in [1.54, 1.807) is 0 Å². The average molecular weight is 244 g/mol. The van der Waals surface area contributed by atoms with Crippen LogP contribution in [0.3, 0.4) is 0 Å². The summed E-state index contributed by atoms with van der Waals surface area (Å²) in [6, 6.07) is -1.67. The molecule has 3 atom stereocenters. The van der Waals surface area contributed by atoms with Gasteiger partial charge in [0, 0.05) is 19.0 Å². The minimum absolute atomic E-state index is 0.0662. The summed E-state index contributed by atoms with van der Waals surface area (Å²) < 4.78 is 0. The summed E-state index contributed by atoms with van der Waals surface area (Å²) in [4.78, 5) is 34.8. The van der Waals surface area contributed by atoms with Gasteiger partial charge in [0.25, 0.3) is 0 Å². The fourth-order valence-corrected chi connectivity index (χ4v) is 2.78. The standard InChI is InChI=1S/C9H12N2O6/c12-7(13)6-4-1-2-10(8(14)15)5(4)3-11(6)9(16)17/h4-6H,1-3H2,(H,12,13)(H,14,15)(H,16,17). The molecule has 8 heteroatoms. The Hall–Kier alpha value is -1.99. The third-order valence-corrected chi connectivity index (χ3v) is 3.47. The molecular formula is C9H12N2O6. The molecule has 0 radical (unpaired) electrons. The predicted octanol–water partition coefficient (Wildman–Crippen LogP) is -0.198. The molecule has 0 bridgehead atoms. The van der Waals surface area contributed by atoms with Crippen molar-refractivity contribution in [2.45, 2.75) is 18.5 Å². The van der Waals surface area contributed by atoms with Crippen molar-refractivity contribution in [3.8, 4) is 0 Å². The highest BCUT2D eigenvalue weighted by Crippen LogP contribution is 2.36. The lowest BCUT2D eigenvalue weighted by molar-refractivity contribution is -0.142. The summed E-state index contributed by atoms with van der Waals surface area (Å²) in [6.07, 6.45) is -2.07. The van der Waals surface area contributed by atoms with Crippen molar-refractivity contribution in [1.29, 1.82) is 0 Å². The van der Waals surface area contributed by atoms with Crippen molar-refractivity contribution < 1.29 is 29.7 Å². The van der Waals surface area contributed by atoms with Crippen molar-refractivity contribution in [3.63, 3.8) is 0 Å². The summed E-state index contributed by atoms with van der Waals surface area (Å²) in [6.45, 7) is 0.200. The van der Waals surface area contributed by atoms with Crippen molar-refractivity contribution >= 4 is 18.2 Å². The molecule has 94 valence electrons. The zero-order chi connectivity index (χ0) is 12.7. The Kier molecular flexibility index (Phi) is 2.56. The quantitative estimate of drug-likeness (QED) is 0.587. The number of amides is 2. The van der Waals surface area contributed by atoms with E-state index >= 15 is 0 Å². The summed E-state index contributed by atoms with van der Waals surface area (Å²) >= 11 is 0. The van der Waals surface area contributed by atoms with Gasteiger partial charge in [0.2, 0.25) is 0 Å². The second kappa shape index (κ2) is 3.79. The fourth-order valence-electron chi connectivity index (χ4n) is 2.78. The molecule has 3 N–H and O–H groups in total. The van der Waals surface area contributed by atoms with Crippen LogP contribution in [-0.4, -0.2) is 68.4 Å². The van der Waals surface area contributed by atoms with E-state index in [9.17, 15) is 14.4 Å². The Morgan fingerprint density at radius 1 is 1.00 bits per heavy atom. The maximum absolute atomic E-state index is 11.1. The van der Waals surface area contributed by atoms with Crippen LogP contribution in [0.1, 0.15) is 6.42 Å². The van der Waals surface area contributed by atoms with Crippen LogP contribution in [0, 0.1) is 5.92 Å². The van der Waals surface area contributed by atoms with Gasteiger partial charge in [0.05, 0.1) is 6.04 Å². The number of carboxylic acid groups (broad SMARTS) is 3. The number of likely N-dealkylation sites (tertiary alicyclic amines) is 2.